The molecule has 0 fully saturated rings. The lowest BCUT2D eigenvalue weighted by molar-refractivity contribution is -0.111. The molecular formula is C39H48N8O2. The molecule has 2 aromatic heterocycles. The van der Waals surface area contributed by atoms with Crippen LogP contribution in [-0.4, -0.2) is 65.0 Å². The van der Waals surface area contributed by atoms with Crippen LogP contribution in [0.15, 0.2) is 65.6 Å². The van der Waals surface area contributed by atoms with Crippen molar-refractivity contribution in [3.8, 4) is 17.0 Å². The van der Waals surface area contributed by atoms with Crippen LogP contribution in [0.5, 0.6) is 5.75 Å². The fourth-order valence-corrected chi connectivity index (χ4v) is 7.16. The molecule has 256 valence electrons. The van der Waals surface area contributed by atoms with Crippen LogP contribution in [0.3, 0.4) is 0 Å². The second kappa shape index (κ2) is 15.2. The summed E-state index contributed by atoms with van der Waals surface area (Å²) in [5.41, 5.74) is 8.66. The van der Waals surface area contributed by atoms with Crippen molar-refractivity contribution in [1.82, 2.24) is 19.4 Å². The predicted molar refractivity (Wildman–Crippen MR) is 201 cm³/mol. The Balaban J connectivity index is 1.45. The standard InChI is InChI=1S/C39H48N8O2/c1-7-26(15-11-19-46(4)5)29-21-34(49-6)33(22-32(29)42-35(48)8-2)43-39-40-23-30(36-25(3)13-10-18-41-45-36)37(44-39)31-24-47-20-12-16-27-14-9-17-28(31)38(27)47/h8-9,14,17-18,21-26H,2,7,10-13,15-16,19-20H2,1,3-6H3,(H,42,48)(H,40,43,44). The molecule has 10 heteroatoms. The molecule has 2 aliphatic rings. The Bertz CT molecular complexity index is 1910. The molecule has 0 aliphatic carbocycles. The number of hydrogen-bond donors (Lipinski definition) is 2. The van der Waals surface area contributed by atoms with Crippen molar-refractivity contribution in [2.45, 2.75) is 71.3 Å². The highest BCUT2D eigenvalue weighted by Crippen LogP contribution is 2.41. The van der Waals surface area contributed by atoms with E-state index in [0.717, 1.165) is 91.8 Å². The number of nitrogens with one attached hydrogen (secondary N) is 2. The van der Waals surface area contributed by atoms with Gasteiger partial charge in [0.05, 0.1) is 29.7 Å². The maximum Gasteiger partial charge on any atom is 0.247 e. The smallest absolute Gasteiger partial charge is 0.247 e. The van der Waals surface area contributed by atoms with Gasteiger partial charge in [-0.05, 0) is 101 Å². The topological polar surface area (TPSA) is 109 Å². The van der Waals surface area contributed by atoms with E-state index in [0.29, 0.717) is 17.4 Å². The maximum atomic E-state index is 12.6. The van der Waals surface area contributed by atoms with Gasteiger partial charge in [0.1, 0.15) is 5.75 Å². The van der Waals surface area contributed by atoms with Crippen LogP contribution >= 0.6 is 0 Å². The fraction of sp³-hybridized carbons (Fsp3) is 0.410. The van der Waals surface area contributed by atoms with Gasteiger partial charge in [0.2, 0.25) is 11.9 Å². The van der Waals surface area contributed by atoms with Crippen LogP contribution in [0, 0.1) is 5.92 Å². The van der Waals surface area contributed by atoms with Gasteiger partial charge in [-0.15, -0.1) is 0 Å². The van der Waals surface area contributed by atoms with Gasteiger partial charge in [-0.1, -0.05) is 38.6 Å². The van der Waals surface area contributed by atoms with Crippen LogP contribution in [0.25, 0.3) is 22.2 Å². The number of hydrogen-bond acceptors (Lipinski definition) is 8. The van der Waals surface area contributed by atoms with Gasteiger partial charge in [0, 0.05) is 53.3 Å². The number of aryl methyl sites for hydroxylation is 2. The highest BCUT2D eigenvalue weighted by Gasteiger charge is 2.26. The molecule has 10 nitrogen and oxygen atoms in total. The Kier molecular flexibility index (Phi) is 10.5. The van der Waals surface area contributed by atoms with E-state index in [1.165, 1.54) is 22.5 Å². The number of ether oxygens (including phenoxy) is 1. The fourth-order valence-electron chi connectivity index (χ4n) is 7.16. The first-order valence-corrected chi connectivity index (χ1v) is 17.5. The largest absolute Gasteiger partial charge is 0.495 e. The molecule has 2 atom stereocenters. The predicted octanol–water partition coefficient (Wildman–Crippen LogP) is 7.96. The van der Waals surface area contributed by atoms with Crippen molar-refractivity contribution in [3.63, 3.8) is 0 Å². The van der Waals surface area contributed by atoms with Gasteiger partial charge in [0.25, 0.3) is 0 Å². The summed E-state index contributed by atoms with van der Waals surface area (Å²) in [4.78, 5) is 24.9. The van der Waals surface area contributed by atoms with Crippen molar-refractivity contribution in [2.24, 2.45) is 16.1 Å². The molecule has 2 aromatic carbocycles. The molecule has 2 aliphatic heterocycles. The molecule has 49 heavy (non-hydrogen) atoms. The molecule has 4 aromatic rings. The first-order chi connectivity index (χ1) is 23.8. The SMILES string of the molecule is C=CC(=O)Nc1cc(Nc2ncc(C3=NN=CCCC3C)c(-c3cn4c5c(cccc35)CCC4)n2)c(OC)cc1C(CC)CCCN(C)C. The van der Waals surface area contributed by atoms with Gasteiger partial charge in [0.15, 0.2) is 0 Å². The Hall–Kier alpha value is -4.83. The summed E-state index contributed by atoms with van der Waals surface area (Å²) in [7, 11) is 5.84. The lowest BCUT2D eigenvalue weighted by Gasteiger charge is -2.23. The molecule has 2 unspecified atom stereocenters. The van der Waals surface area contributed by atoms with Crippen LogP contribution < -0.4 is 15.4 Å². The third-order valence-corrected chi connectivity index (χ3v) is 9.74. The number of carbonyl (C=O) groups is 1. The summed E-state index contributed by atoms with van der Waals surface area (Å²) in [6, 6.07) is 10.5. The van der Waals surface area contributed by atoms with Crippen molar-refractivity contribution < 1.29 is 9.53 Å². The van der Waals surface area contributed by atoms with E-state index in [4.69, 9.17) is 14.7 Å². The monoisotopic (exact) mass is 660 g/mol. The highest BCUT2D eigenvalue weighted by atomic mass is 16.5. The number of para-hydroxylation sites is 1. The number of rotatable bonds is 13. The molecule has 6 rings (SSSR count). The van der Waals surface area contributed by atoms with Crippen LogP contribution in [-0.2, 0) is 17.8 Å². The van der Waals surface area contributed by atoms with E-state index in [-0.39, 0.29) is 17.7 Å². The number of carbonyl (C=O) groups excluding carboxylic acids is 1. The Labute approximate surface area is 289 Å². The molecule has 0 saturated heterocycles. The van der Waals surface area contributed by atoms with Gasteiger partial charge in [-0.3, -0.25) is 4.79 Å². The van der Waals surface area contributed by atoms with Crippen LogP contribution in [0.1, 0.15) is 75.0 Å². The second-order valence-electron chi connectivity index (χ2n) is 13.4. The van der Waals surface area contributed by atoms with E-state index in [1.807, 2.05) is 24.5 Å². The average Bonchev–Trinajstić information content (AvgIpc) is 3.35. The molecule has 1 amide bonds. The minimum absolute atomic E-state index is 0.191. The molecule has 2 N–H and O–H groups in total. The van der Waals surface area contributed by atoms with Crippen molar-refractivity contribution in [3.05, 3.63) is 72.1 Å². The van der Waals surface area contributed by atoms with Crippen molar-refractivity contribution in [1.29, 1.82) is 0 Å². The molecule has 0 saturated carbocycles. The van der Waals surface area contributed by atoms with E-state index in [2.05, 4.69) is 89.2 Å². The molecule has 0 radical (unpaired) electrons. The Morgan fingerprint density at radius 2 is 2.08 bits per heavy atom. The summed E-state index contributed by atoms with van der Waals surface area (Å²) < 4.78 is 8.30. The zero-order chi connectivity index (χ0) is 34.5. The lowest BCUT2D eigenvalue weighted by atomic mass is 9.89. The lowest BCUT2D eigenvalue weighted by Crippen LogP contribution is -2.16. The number of anilines is 3. The third kappa shape index (κ3) is 7.29. The number of methoxy groups -OCH3 is 1. The number of nitrogens with zero attached hydrogens (tertiary/aromatic N) is 6. The molecule has 0 spiro atoms. The third-order valence-electron chi connectivity index (χ3n) is 9.74. The van der Waals surface area contributed by atoms with Gasteiger partial charge in [-0.2, -0.15) is 10.2 Å². The van der Waals surface area contributed by atoms with E-state index >= 15 is 0 Å². The quantitative estimate of drug-likeness (QED) is 0.141. The van der Waals surface area contributed by atoms with Crippen LogP contribution in [0.4, 0.5) is 17.3 Å². The Morgan fingerprint density at radius 3 is 2.86 bits per heavy atom. The second-order valence-corrected chi connectivity index (χ2v) is 13.4. The summed E-state index contributed by atoms with van der Waals surface area (Å²) in [6.07, 6.45) is 14.2. The number of aromatic nitrogens is 3. The first-order valence-electron chi connectivity index (χ1n) is 17.5. The zero-order valence-electron chi connectivity index (χ0n) is 29.4. The van der Waals surface area contributed by atoms with Crippen LogP contribution in [0.2, 0.25) is 0 Å². The average molecular weight is 661 g/mol. The highest BCUT2D eigenvalue weighted by molar-refractivity contribution is 6.10. The van der Waals surface area contributed by atoms with Gasteiger partial charge >= 0.3 is 0 Å². The minimum atomic E-state index is -0.266. The summed E-state index contributed by atoms with van der Waals surface area (Å²) in [5.74, 6) is 1.23. The van der Waals surface area contributed by atoms with Crippen molar-refractivity contribution >= 4 is 46.1 Å². The number of amides is 1. The molecular weight excluding hydrogens is 612 g/mol. The molecule has 4 heterocycles. The van der Waals surface area contributed by atoms with Gasteiger partial charge < -0.3 is 24.8 Å². The summed E-state index contributed by atoms with van der Waals surface area (Å²) >= 11 is 0. The zero-order valence-corrected chi connectivity index (χ0v) is 29.4. The van der Waals surface area contributed by atoms with E-state index in [9.17, 15) is 4.79 Å². The first kappa shape index (κ1) is 34.0. The normalized spacial score (nSPS) is 16.3. The summed E-state index contributed by atoms with van der Waals surface area (Å²) in [5, 5.41) is 16.7. The summed E-state index contributed by atoms with van der Waals surface area (Å²) in [6.45, 7) is 10.0. The molecule has 0 bridgehead atoms. The van der Waals surface area contributed by atoms with E-state index in [1.54, 1.807) is 7.11 Å². The maximum absolute atomic E-state index is 12.6. The number of benzene rings is 2. The minimum Gasteiger partial charge on any atom is -0.495 e. The van der Waals surface area contributed by atoms with Gasteiger partial charge in [-0.25, -0.2) is 9.97 Å². The Morgan fingerprint density at radius 1 is 1.22 bits per heavy atom. The van der Waals surface area contributed by atoms with Crippen molar-refractivity contribution in [2.75, 3.05) is 38.4 Å². The van der Waals surface area contributed by atoms with E-state index < -0.39 is 0 Å².